The third-order valence-electron chi connectivity index (χ3n) is 3.53. The molecule has 116 valence electrons. The summed E-state index contributed by atoms with van der Waals surface area (Å²) < 4.78 is 4.73. The van der Waals surface area contributed by atoms with E-state index in [0.717, 1.165) is 12.0 Å². The van der Waals surface area contributed by atoms with Crippen molar-refractivity contribution >= 4 is 12.0 Å². The Morgan fingerprint density at radius 1 is 1.24 bits per heavy atom. The number of hydrogen-bond donors (Lipinski definition) is 2. The molecular formula is C16H24N2O3. The number of esters is 1. The number of ether oxygens (including phenoxy) is 1. The van der Waals surface area contributed by atoms with Gasteiger partial charge in [0.2, 0.25) is 0 Å². The molecule has 0 radical (unpaired) electrons. The molecule has 0 saturated heterocycles. The van der Waals surface area contributed by atoms with Crippen LogP contribution in [0.5, 0.6) is 0 Å². The lowest BCUT2D eigenvalue weighted by molar-refractivity contribution is -0.144. The van der Waals surface area contributed by atoms with Crippen molar-refractivity contribution in [2.24, 2.45) is 5.92 Å². The summed E-state index contributed by atoms with van der Waals surface area (Å²) in [7, 11) is 1.32. The van der Waals surface area contributed by atoms with Gasteiger partial charge in [-0.3, -0.25) is 0 Å². The normalized spacial score (nSPS) is 13.1. The first-order valence-electron chi connectivity index (χ1n) is 7.15. The van der Waals surface area contributed by atoms with Crippen molar-refractivity contribution in [3.63, 3.8) is 0 Å². The van der Waals surface area contributed by atoms with Crippen LogP contribution in [0.25, 0.3) is 0 Å². The summed E-state index contributed by atoms with van der Waals surface area (Å²) in [5.74, 6) is -0.405. The lowest BCUT2D eigenvalue weighted by Gasteiger charge is -2.22. The summed E-state index contributed by atoms with van der Waals surface area (Å²) in [4.78, 5) is 23.6. The number of hydrogen-bond acceptors (Lipinski definition) is 3. The van der Waals surface area contributed by atoms with Gasteiger partial charge < -0.3 is 15.4 Å². The Bertz CT molecular complexity index is 471. The Balaban J connectivity index is 2.53. The predicted octanol–water partition coefficient (Wildman–Crippen LogP) is 2.38. The second-order valence-electron chi connectivity index (χ2n) is 5.20. The maximum absolute atomic E-state index is 11.9. The van der Waals surface area contributed by atoms with Crippen molar-refractivity contribution in [3.05, 3.63) is 35.4 Å². The third kappa shape index (κ3) is 5.45. The van der Waals surface area contributed by atoms with Crippen molar-refractivity contribution in [1.82, 2.24) is 10.6 Å². The second-order valence-corrected chi connectivity index (χ2v) is 5.20. The standard InChI is InChI=1S/C16H24N2O3/c1-5-12(3)14(15(19)21-4)18-16(20)17-10-13-8-6-11(2)7-9-13/h6-9,12,14H,5,10H2,1-4H3,(H2,17,18,20)/t12-,14+/m1/s1. The van der Waals surface area contributed by atoms with Crippen LogP contribution >= 0.6 is 0 Å². The number of aryl methyl sites for hydroxylation is 1. The monoisotopic (exact) mass is 292 g/mol. The van der Waals surface area contributed by atoms with Crippen molar-refractivity contribution in [3.8, 4) is 0 Å². The smallest absolute Gasteiger partial charge is 0.328 e. The summed E-state index contributed by atoms with van der Waals surface area (Å²) in [6.45, 7) is 6.30. The highest BCUT2D eigenvalue weighted by atomic mass is 16.5. The third-order valence-corrected chi connectivity index (χ3v) is 3.53. The SMILES string of the molecule is CC[C@@H](C)[C@H](NC(=O)NCc1ccc(C)cc1)C(=O)OC. The van der Waals surface area contributed by atoms with Crippen LogP contribution in [0.2, 0.25) is 0 Å². The van der Waals surface area contributed by atoms with Gasteiger partial charge in [0.05, 0.1) is 7.11 Å². The fraction of sp³-hybridized carbons (Fsp3) is 0.500. The minimum Gasteiger partial charge on any atom is -0.467 e. The molecule has 0 spiro atoms. The van der Waals surface area contributed by atoms with Gasteiger partial charge in [-0.05, 0) is 18.4 Å². The van der Waals surface area contributed by atoms with Crippen molar-refractivity contribution in [2.75, 3.05) is 7.11 Å². The number of amides is 2. The summed E-state index contributed by atoms with van der Waals surface area (Å²) >= 11 is 0. The molecule has 2 amide bonds. The summed E-state index contributed by atoms with van der Waals surface area (Å²) in [6.07, 6.45) is 0.776. The molecule has 0 aliphatic heterocycles. The highest BCUT2D eigenvalue weighted by Crippen LogP contribution is 2.09. The average Bonchev–Trinajstić information content (AvgIpc) is 2.50. The van der Waals surface area contributed by atoms with Gasteiger partial charge in [-0.1, -0.05) is 50.1 Å². The van der Waals surface area contributed by atoms with Crippen LogP contribution in [0.3, 0.4) is 0 Å². The zero-order valence-electron chi connectivity index (χ0n) is 13.1. The zero-order chi connectivity index (χ0) is 15.8. The molecular weight excluding hydrogens is 268 g/mol. The van der Waals surface area contributed by atoms with Gasteiger partial charge >= 0.3 is 12.0 Å². The summed E-state index contributed by atoms with van der Waals surface area (Å²) in [5.41, 5.74) is 2.18. The van der Waals surface area contributed by atoms with E-state index < -0.39 is 12.0 Å². The number of carbonyl (C=O) groups excluding carboxylic acids is 2. The van der Waals surface area contributed by atoms with Gasteiger partial charge in [0.1, 0.15) is 6.04 Å². The molecule has 0 fully saturated rings. The van der Waals surface area contributed by atoms with Gasteiger partial charge in [-0.15, -0.1) is 0 Å². The first kappa shape index (κ1) is 17.0. The van der Waals surface area contributed by atoms with Gasteiger partial charge in [-0.2, -0.15) is 0 Å². The number of methoxy groups -OCH3 is 1. The average molecular weight is 292 g/mol. The Morgan fingerprint density at radius 3 is 2.38 bits per heavy atom. The van der Waals surface area contributed by atoms with Crippen LogP contribution in [-0.4, -0.2) is 25.2 Å². The van der Waals surface area contributed by atoms with Crippen LogP contribution in [0.4, 0.5) is 4.79 Å². The largest absolute Gasteiger partial charge is 0.467 e. The Morgan fingerprint density at radius 2 is 1.86 bits per heavy atom. The van der Waals surface area contributed by atoms with Crippen LogP contribution in [0, 0.1) is 12.8 Å². The Kier molecular flexibility index (Phi) is 6.72. The van der Waals surface area contributed by atoms with Crippen LogP contribution in [0.1, 0.15) is 31.4 Å². The molecule has 5 nitrogen and oxygen atoms in total. The molecule has 21 heavy (non-hydrogen) atoms. The minimum absolute atomic E-state index is 0.0163. The molecule has 0 heterocycles. The lowest BCUT2D eigenvalue weighted by Crippen LogP contribution is -2.49. The highest BCUT2D eigenvalue weighted by Gasteiger charge is 2.26. The van der Waals surface area contributed by atoms with Crippen molar-refractivity contribution in [1.29, 1.82) is 0 Å². The molecule has 2 atom stereocenters. The van der Waals surface area contributed by atoms with E-state index in [2.05, 4.69) is 10.6 Å². The fourth-order valence-electron chi connectivity index (χ4n) is 1.88. The zero-order valence-corrected chi connectivity index (χ0v) is 13.1. The van der Waals surface area contributed by atoms with E-state index in [1.807, 2.05) is 45.0 Å². The molecule has 1 aromatic rings. The molecule has 0 bridgehead atoms. The number of benzene rings is 1. The number of nitrogens with one attached hydrogen (secondary N) is 2. The molecule has 2 N–H and O–H groups in total. The van der Waals surface area contributed by atoms with Gasteiger partial charge in [0.25, 0.3) is 0 Å². The molecule has 0 unspecified atom stereocenters. The van der Waals surface area contributed by atoms with Gasteiger partial charge in [-0.25, -0.2) is 9.59 Å². The maximum Gasteiger partial charge on any atom is 0.328 e. The maximum atomic E-state index is 11.9. The number of rotatable bonds is 6. The molecule has 0 aliphatic carbocycles. The second kappa shape index (κ2) is 8.29. The van der Waals surface area contributed by atoms with Crippen LogP contribution in [-0.2, 0) is 16.1 Å². The molecule has 1 aromatic carbocycles. The first-order valence-corrected chi connectivity index (χ1v) is 7.15. The Labute approximate surface area is 126 Å². The van der Waals surface area contributed by atoms with Gasteiger partial charge in [0.15, 0.2) is 0 Å². The first-order chi connectivity index (χ1) is 9.97. The molecule has 0 saturated carbocycles. The number of carbonyl (C=O) groups is 2. The summed E-state index contributed by atoms with van der Waals surface area (Å²) in [6, 6.07) is 6.91. The minimum atomic E-state index is -0.627. The highest BCUT2D eigenvalue weighted by molar-refractivity contribution is 5.83. The molecule has 1 rings (SSSR count). The fourth-order valence-corrected chi connectivity index (χ4v) is 1.88. The summed E-state index contributed by atoms with van der Waals surface area (Å²) in [5, 5.41) is 5.42. The topological polar surface area (TPSA) is 67.4 Å². The van der Waals surface area contributed by atoms with Crippen molar-refractivity contribution < 1.29 is 14.3 Å². The predicted molar refractivity (Wildman–Crippen MR) is 81.8 cm³/mol. The van der Waals surface area contributed by atoms with E-state index in [0.29, 0.717) is 6.54 Å². The van der Waals surface area contributed by atoms with E-state index in [4.69, 9.17) is 4.74 Å². The van der Waals surface area contributed by atoms with Crippen molar-refractivity contribution in [2.45, 2.75) is 39.8 Å². The lowest BCUT2D eigenvalue weighted by atomic mass is 9.99. The van der Waals surface area contributed by atoms with Crippen LogP contribution in [0.15, 0.2) is 24.3 Å². The van der Waals surface area contributed by atoms with Crippen LogP contribution < -0.4 is 10.6 Å². The van der Waals surface area contributed by atoms with E-state index in [1.54, 1.807) is 0 Å². The number of urea groups is 1. The Hall–Kier alpha value is -2.04. The van der Waals surface area contributed by atoms with E-state index in [-0.39, 0.29) is 11.9 Å². The molecule has 0 aromatic heterocycles. The van der Waals surface area contributed by atoms with Gasteiger partial charge in [0, 0.05) is 6.54 Å². The van der Waals surface area contributed by atoms with E-state index in [9.17, 15) is 9.59 Å². The quantitative estimate of drug-likeness (QED) is 0.791. The van der Waals surface area contributed by atoms with E-state index in [1.165, 1.54) is 12.7 Å². The molecule has 5 heteroatoms. The molecule has 0 aliphatic rings. The van der Waals surface area contributed by atoms with E-state index >= 15 is 0 Å².